The number of nitrogens with one attached hydrogen (secondary N) is 2. The van der Waals surface area contributed by atoms with Crippen molar-refractivity contribution in [3.63, 3.8) is 0 Å². The molecular weight excluding hydrogens is 360 g/mol. The van der Waals surface area contributed by atoms with E-state index in [1.54, 1.807) is 0 Å². The minimum atomic E-state index is -1.04. The molecule has 0 fully saturated rings. The fourth-order valence-electron chi connectivity index (χ4n) is 2.15. The van der Waals surface area contributed by atoms with Crippen LogP contribution in [0, 0.1) is 5.92 Å². The Balaban J connectivity index is 0. The summed E-state index contributed by atoms with van der Waals surface area (Å²) in [5.41, 5.74) is 0.994. The molecule has 7 nitrogen and oxygen atoms in total. The molecule has 162 valence electrons. The lowest BCUT2D eigenvalue weighted by molar-refractivity contribution is -0.136. The van der Waals surface area contributed by atoms with Gasteiger partial charge in [0.25, 0.3) is 0 Å². The minimum absolute atomic E-state index is 0.171. The first-order chi connectivity index (χ1) is 12.9. The van der Waals surface area contributed by atoms with Gasteiger partial charge in [-0.15, -0.1) is 0 Å². The van der Waals surface area contributed by atoms with Crippen LogP contribution in [0.15, 0.2) is 23.8 Å². The molecule has 1 atom stereocenters. The highest BCUT2D eigenvalue weighted by Crippen LogP contribution is 2.09. The molecular formula is C21H38N2O5. The number of rotatable bonds is 6. The fraction of sp³-hybridized carbons (Fsp3) is 0.667. The maximum Gasteiger partial charge on any atom is 0.407 e. The molecule has 0 aliphatic heterocycles. The van der Waals surface area contributed by atoms with E-state index < -0.39 is 11.6 Å². The van der Waals surface area contributed by atoms with Crippen molar-refractivity contribution in [2.45, 2.75) is 79.4 Å². The van der Waals surface area contributed by atoms with E-state index in [1.165, 1.54) is 18.4 Å². The number of ether oxygens (including phenoxy) is 1. The second-order valence-electron chi connectivity index (χ2n) is 8.00. The Bertz CT molecular complexity index is 519. The van der Waals surface area contributed by atoms with Crippen LogP contribution in [0.2, 0.25) is 0 Å². The average Bonchev–Trinajstić information content (AvgIpc) is 2.52. The van der Waals surface area contributed by atoms with E-state index in [2.05, 4.69) is 44.3 Å². The number of hydrogen-bond donors (Lipinski definition) is 3. The average molecular weight is 399 g/mol. The molecule has 1 aliphatic rings. The van der Waals surface area contributed by atoms with E-state index >= 15 is 0 Å². The number of allylic oxidation sites excluding steroid dienone is 4. The first-order valence-electron chi connectivity index (χ1n) is 9.59. The van der Waals surface area contributed by atoms with Gasteiger partial charge >= 0.3 is 12.1 Å². The number of carboxylic acids is 1. The first kappa shape index (κ1) is 27.9. The Labute approximate surface area is 169 Å². The highest BCUT2D eigenvalue weighted by Gasteiger charge is 2.17. The topological polar surface area (TPSA) is 105 Å². The number of hydrogen-bond acceptors (Lipinski definition) is 4. The van der Waals surface area contributed by atoms with Crippen LogP contribution in [-0.2, 0) is 14.3 Å². The summed E-state index contributed by atoms with van der Waals surface area (Å²) >= 11 is 0. The maximum absolute atomic E-state index is 11.3. The van der Waals surface area contributed by atoms with Crippen molar-refractivity contribution in [2.75, 3.05) is 6.54 Å². The van der Waals surface area contributed by atoms with Crippen LogP contribution < -0.4 is 10.6 Å². The highest BCUT2D eigenvalue weighted by atomic mass is 16.6. The van der Waals surface area contributed by atoms with Crippen molar-refractivity contribution in [2.24, 2.45) is 5.92 Å². The predicted octanol–water partition coefficient (Wildman–Crippen LogP) is 4.05. The monoisotopic (exact) mass is 398 g/mol. The van der Waals surface area contributed by atoms with Crippen molar-refractivity contribution < 1.29 is 24.2 Å². The van der Waals surface area contributed by atoms with Crippen LogP contribution in [0.25, 0.3) is 0 Å². The Kier molecular flexibility index (Phi) is 15.7. The first-order valence-corrected chi connectivity index (χ1v) is 9.59. The van der Waals surface area contributed by atoms with Gasteiger partial charge in [-0.1, -0.05) is 37.6 Å². The molecule has 3 N–H and O–H groups in total. The Morgan fingerprint density at radius 1 is 1.25 bits per heavy atom. The number of carbonyl (C=O) groups is 3. The quantitative estimate of drug-likeness (QED) is 0.586. The molecule has 1 rings (SSSR count). The van der Waals surface area contributed by atoms with Gasteiger partial charge in [-0.25, -0.2) is 4.79 Å². The predicted molar refractivity (Wildman–Crippen MR) is 112 cm³/mol. The van der Waals surface area contributed by atoms with E-state index in [9.17, 15) is 14.4 Å². The molecule has 0 heterocycles. The number of aliphatic carboxylic acids is 1. The summed E-state index contributed by atoms with van der Waals surface area (Å²) in [4.78, 5) is 30.2. The SMILES string of the molecule is CC(C)CC(C)NC(=O)OC(C)(C)C.CC1=CCCC=C1.O=CNCC(=O)O. The molecule has 0 saturated carbocycles. The fourth-order valence-corrected chi connectivity index (χ4v) is 2.15. The number of carbonyl (C=O) groups excluding carboxylic acids is 2. The molecule has 2 amide bonds. The van der Waals surface area contributed by atoms with Crippen molar-refractivity contribution in [1.29, 1.82) is 0 Å². The van der Waals surface area contributed by atoms with E-state index in [4.69, 9.17) is 9.84 Å². The molecule has 1 aliphatic carbocycles. The van der Waals surface area contributed by atoms with Crippen LogP contribution in [0.5, 0.6) is 0 Å². The lowest BCUT2D eigenvalue weighted by Gasteiger charge is -2.22. The highest BCUT2D eigenvalue weighted by molar-refractivity contribution is 5.71. The van der Waals surface area contributed by atoms with Crippen LogP contribution in [-0.4, -0.2) is 41.8 Å². The molecule has 0 bridgehead atoms. The number of carboxylic acid groups (broad SMARTS) is 1. The second-order valence-corrected chi connectivity index (χ2v) is 8.00. The van der Waals surface area contributed by atoms with Crippen molar-refractivity contribution in [3.8, 4) is 0 Å². The molecule has 0 aromatic heterocycles. The molecule has 7 heteroatoms. The summed E-state index contributed by atoms with van der Waals surface area (Å²) in [6, 6.07) is 0.171. The van der Waals surface area contributed by atoms with Crippen molar-refractivity contribution >= 4 is 18.5 Å². The van der Waals surface area contributed by atoms with Crippen molar-refractivity contribution in [1.82, 2.24) is 10.6 Å². The third-order valence-corrected chi connectivity index (χ3v) is 3.11. The van der Waals surface area contributed by atoms with E-state index in [-0.39, 0.29) is 18.7 Å². The van der Waals surface area contributed by atoms with Crippen LogP contribution in [0.4, 0.5) is 4.79 Å². The molecule has 0 radical (unpaired) electrons. The third kappa shape index (κ3) is 23.7. The summed E-state index contributed by atoms with van der Waals surface area (Å²) in [5, 5.41) is 12.6. The van der Waals surface area contributed by atoms with Gasteiger partial charge in [-0.05, 0) is 59.8 Å². The molecule has 0 aromatic rings. The van der Waals surface area contributed by atoms with Gasteiger partial charge in [0.05, 0.1) is 0 Å². The molecule has 1 unspecified atom stereocenters. The van der Waals surface area contributed by atoms with Gasteiger partial charge in [0.2, 0.25) is 6.41 Å². The minimum Gasteiger partial charge on any atom is -0.480 e. The maximum atomic E-state index is 11.3. The lowest BCUT2D eigenvalue weighted by Crippen LogP contribution is -2.38. The summed E-state index contributed by atoms with van der Waals surface area (Å²) in [7, 11) is 0. The van der Waals surface area contributed by atoms with Gasteiger partial charge in [0, 0.05) is 6.04 Å². The summed E-state index contributed by atoms with van der Waals surface area (Å²) in [6.45, 7) is 13.7. The van der Waals surface area contributed by atoms with Gasteiger partial charge in [-0.3, -0.25) is 9.59 Å². The molecule has 0 aromatic carbocycles. The Morgan fingerprint density at radius 3 is 2.14 bits per heavy atom. The number of alkyl carbamates (subject to hydrolysis) is 1. The van der Waals surface area contributed by atoms with Gasteiger partial charge in [0.1, 0.15) is 12.1 Å². The third-order valence-electron chi connectivity index (χ3n) is 3.11. The zero-order valence-electron chi connectivity index (χ0n) is 18.4. The molecule has 0 spiro atoms. The molecule has 28 heavy (non-hydrogen) atoms. The van der Waals surface area contributed by atoms with Crippen LogP contribution >= 0.6 is 0 Å². The Hall–Kier alpha value is -2.31. The summed E-state index contributed by atoms with van der Waals surface area (Å²) in [5.74, 6) is -0.452. The largest absolute Gasteiger partial charge is 0.480 e. The van der Waals surface area contributed by atoms with E-state index in [1.807, 2.05) is 33.0 Å². The normalized spacial score (nSPS) is 13.6. The van der Waals surface area contributed by atoms with Gasteiger partial charge < -0.3 is 20.5 Å². The van der Waals surface area contributed by atoms with Gasteiger partial charge in [-0.2, -0.15) is 0 Å². The number of amides is 2. The lowest BCUT2D eigenvalue weighted by atomic mass is 10.1. The van der Waals surface area contributed by atoms with Crippen LogP contribution in [0.1, 0.15) is 67.7 Å². The van der Waals surface area contributed by atoms with E-state index in [0.29, 0.717) is 12.3 Å². The van der Waals surface area contributed by atoms with Gasteiger partial charge in [0.15, 0.2) is 0 Å². The van der Waals surface area contributed by atoms with Crippen molar-refractivity contribution in [3.05, 3.63) is 23.8 Å². The zero-order valence-corrected chi connectivity index (χ0v) is 18.4. The Morgan fingerprint density at radius 2 is 1.86 bits per heavy atom. The standard InChI is InChI=1S/C11H23NO2.C7H10.C3H5NO3/c1-8(2)7-9(3)12-10(13)14-11(4,5)6;1-7-5-3-2-4-6-7;5-2-4-1-3(6)7/h8-9H,7H2,1-6H3,(H,12,13);3,5-6H,2,4H2,1H3;2H,1H2,(H,4,5)(H,6,7). The second kappa shape index (κ2) is 15.7. The van der Waals surface area contributed by atoms with Crippen LogP contribution in [0.3, 0.4) is 0 Å². The molecule has 0 saturated heterocycles. The smallest absolute Gasteiger partial charge is 0.407 e. The summed E-state index contributed by atoms with van der Waals surface area (Å²) < 4.78 is 5.14. The van der Waals surface area contributed by atoms with E-state index in [0.717, 1.165) is 6.42 Å². The zero-order chi connectivity index (χ0) is 22.2. The summed E-state index contributed by atoms with van der Waals surface area (Å²) in [6.07, 6.45) is 10.1.